The molecule has 3 N–H and O–H groups in total. The van der Waals surface area contributed by atoms with Gasteiger partial charge in [0.1, 0.15) is 10.6 Å². The Morgan fingerprint density at radius 2 is 2.17 bits per heavy atom. The lowest BCUT2D eigenvalue weighted by atomic mass is 10.3. The predicted molar refractivity (Wildman–Crippen MR) is 74.1 cm³/mol. The fourth-order valence-corrected chi connectivity index (χ4v) is 3.11. The van der Waals surface area contributed by atoms with Gasteiger partial charge in [-0.25, -0.2) is 13.1 Å². The average molecular weight is 337 g/mol. The first-order valence-corrected chi connectivity index (χ1v) is 7.82. The standard InChI is InChI=1S/C11H17BrN2O3S/c1-3-17-10-5-4-9(12)6-11(10)18(15,16)14-7-8(2)13/h4-6,8,14H,3,7,13H2,1-2H3. The molecule has 0 fully saturated rings. The molecule has 0 aliphatic rings. The third-order valence-electron chi connectivity index (χ3n) is 2.09. The van der Waals surface area contributed by atoms with Crippen LogP contribution in [0.5, 0.6) is 5.75 Å². The van der Waals surface area contributed by atoms with Crippen molar-refractivity contribution in [3.8, 4) is 5.75 Å². The summed E-state index contributed by atoms with van der Waals surface area (Å²) < 4.78 is 32.7. The molecule has 0 aromatic heterocycles. The van der Waals surface area contributed by atoms with Crippen molar-refractivity contribution in [3.05, 3.63) is 22.7 Å². The van der Waals surface area contributed by atoms with Gasteiger partial charge >= 0.3 is 0 Å². The zero-order valence-electron chi connectivity index (χ0n) is 10.3. The van der Waals surface area contributed by atoms with Crippen molar-refractivity contribution in [2.75, 3.05) is 13.2 Å². The van der Waals surface area contributed by atoms with E-state index in [1.54, 1.807) is 26.0 Å². The van der Waals surface area contributed by atoms with Crippen LogP contribution in [0, 0.1) is 0 Å². The highest BCUT2D eigenvalue weighted by Gasteiger charge is 2.20. The van der Waals surface area contributed by atoms with E-state index in [4.69, 9.17) is 10.5 Å². The lowest BCUT2D eigenvalue weighted by molar-refractivity contribution is 0.331. The quantitative estimate of drug-likeness (QED) is 0.824. The fraction of sp³-hybridized carbons (Fsp3) is 0.455. The number of nitrogens with two attached hydrogens (primary N) is 1. The van der Waals surface area contributed by atoms with Gasteiger partial charge in [-0.2, -0.15) is 0 Å². The van der Waals surface area contributed by atoms with E-state index in [-0.39, 0.29) is 17.5 Å². The summed E-state index contributed by atoms with van der Waals surface area (Å²) in [4.78, 5) is 0.111. The topological polar surface area (TPSA) is 81.4 Å². The molecule has 7 heteroatoms. The van der Waals surface area contributed by atoms with Crippen LogP contribution in [-0.2, 0) is 10.0 Å². The third-order valence-corrected chi connectivity index (χ3v) is 4.03. The Morgan fingerprint density at radius 3 is 2.72 bits per heavy atom. The lowest BCUT2D eigenvalue weighted by Gasteiger charge is -2.13. The summed E-state index contributed by atoms with van der Waals surface area (Å²) in [6.07, 6.45) is 0. The monoisotopic (exact) mass is 336 g/mol. The highest BCUT2D eigenvalue weighted by Crippen LogP contribution is 2.27. The van der Waals surface area contributed by atoms with E-state index in [0.29, 0.717) is 16.8 Å². The van der Waals surface area contributed by atoms with Crippen LogP contribution in [0.25, 0.3) is 0 Å². The van der Waals surface area contributed by atoms with Crippen molar-refractivity contribution in [2.45, 2.75) is 24.8 Å². The van der Waals surface area contributed by atoms with Crippen molar-refractivity contribution in [1.29, 1.82) is 0 Å². The van der Waals surface area contributed by atoms with Crippen molar-refractivity contribution in [2.24, 2.45) is 5.73 Å². The molecule has 18 heavy (non-hydrogen) atoms. The molecule has 0 saturated heterocycles. The smallest absolute Gasteiger partial charge is 0.244 e. The largest absolute Gasteiger partial charge is 0.492 e. The van der Waals surface area contributed by atoms with Gasteiger partial charge in [-0.05, 0) is 32.0 Å². The van der Waals surface area contributed by atoms with Crippen LogP contribution in [-0.4, -0.2) is 27.6 Å². The Hall–Kier alpha value is -0.630. The normalized spacial score (nSPS) is 13.3. The van der Waals surface area contributed by atoms with Gasteiger partial charge in [-0.15, -0.1) is 0 Å². The maximum Gasteiger partial charge on any atom is 0.244 e. The van der Waals surface area contributed by atoms with Crippen LogP contribution >= 0.6 is 15.9 Å². The second-order valence-electron chi connectivity index (χ2n) is 3.85. The molecule has 1 atom stereocenters. The molecule has 1 aromatic carbocycles. The minimum atomic E-state index is -3.62. The van der Waals surface area contributed by atoms with Crippen molar-refractivity contribution in [1.82, 2.24) is 4.72 Å². The maximum atomic E-state index is 12.1. The molecule has 0 saturated carbocycles. The average Bonchev–Trinajstić information content (AvgIpc) is 2.29. The SMILES string of the molecule is CCOc1ccc(Br)cc1S(=O)(=O)NCC(C)N. The maximum absolute atomic E-state index is 12.1. The van der Waals surface area contributed by atoms with Crippen molar-refractivity contribution in [3.63, 3.8) is 0 Å². The summed E-state index contributed by atoms with van der Waals surface area (Å²) in [5.74, 6) is 0.331. The molecular weight excluding hydrogens is 320 g/mol. The molecule has 5 nitrogen and oxygen atoms in total. The summed E-state index contributed by atoms with van der Waals surface area (Å²) in [7, 11) is -3.62. The van der Waals surface area contributed by atoms with E-state index in [2.05, 4.69) is 20.7 Å². The zero-order chi connectivity index (χ0) is 13.8. The highest BCUT2D eigenvalue weighted by molar-refractivity contribution is 9.10. The van der Waals surface area contributed by atoms with E-state index in [1.165, 1.54) is 6.07 Å². The van der Waals surface area contributed by atoms with Gasteiger partial charge in [0.2, 0.25) is 10.0 Å². The molecule has 102 valence electrons. The molecule has 1 aromatic rings. The lowest BCUT2D eigenvalue weighted by Crippen LogP contribution is -2.35. The minimum Gasteiger partial charge on any atom is -0.492 e. The number of sulfonamides is 1. The number of nitrogens with one attached hydrogen (secondary N) is 1. The Balaban J connectivity index is 3.09. The van der Waals surface area contributed by atoms with Crippen LogP contribution < -0.4 is 15.2 Å². The highest BCUT2D eigenvalue weighted by atomic mass is 79.9. The summed E-state index contributed by atoms with van der Waals surface area (Å²) in [5, 5.41) is 0. The summed E-state index contributed by atoms with van der Waals surface area (Å²) in [6, 6.07) is 4.61. The summed E-state index contributed by atoms with van der Waals surface area (Å²) in [5.41, 5.74) is 5.54. The Morgan fingerprint density at radius 1 is 1.50 bits per heavy atom. The molecular formula is C11H17BrN2O3S. The number of ether oxygens (including phenoxy) is 1. The van der Waals surface area contributed by atoms with Gasteiger partial charge in [0.25, 0.3) is 0 Å². The Labute approximate surface area is 116 Å². The Kier molecular flexibility index (Phi) is 5.58. The van der Waals surface area contributed by atoms with Gasteiger partial charge in [0.15, 0.2) is 0 Å². The second-order valence-corrected chi connectivity index (χ2v) is 6.50. The van der Waals surface area contributed by atoms with Crippen molar-refractivity contribution >= 4 is 26.0 Å². The van der Waals surface area contributed by atoms with E-state index in [9.17, 15) is 8.42 Å². The van der Waals surface area contributed by atoms with Crippen LogP contribution in [0.2, 0.25) is 0 Å². The molecule has 0 aliphatic carbocycles. The van der Waals surface area contributed by atoms with Gasteiger partial charge in [0.05, 0.1) is 6.61 Å². The molecule has 0 radical (unpaired) electrons. The van der Waals surface area contributed by atoms with E-state index in [1.807, 2.05) is 0 Å². The van der Waals surface area contributed by atoms with Crippen LogP contribution in [0.1, 0.15) is 13.8 Å². The molecule has 0 aliphatic heterocycles. The zero-order valence-corrected chi connectivity index (χ0v) is 12.7. The second kappa shape index (κ2) is 6.51. The predicted octanol–water partition coefficient (Wildman–Crippen LogP) is 1.47. The molecule has 1 rings (SSSR count). The van der Waals surface area contributed by atoms with E-state index >= 15 is 0 Å². The van der Waals surface area contributed by atoms with Gasteiger partial charge in [-0.3, -0.25) is 0 Å². The minimum absolute atomic E-state index is 0.111. The fourth-order valence-electron chi connectivity index (χ4n) is 1.29. The number of hydrogen-bond acceptors (Lipinski definition) is 4. The molecule has 0 amide bonds. The molecule has 0 spiro atoms. The third kappa shape index (κ3) is 4.24. The van der Waals surface area contributed by atoms with E-state index < -0.39 is 10.0 Å². The summed E-state index contributed by atoms with van der Waals surface area (Å²) >= 11 is 3.25. The van der Waals surface area contributed by atoms with E-state index in [0.717, 1.165) is 0 Å². The molecule has 0 heterocycles. The van der Waals surface area contributed by atoms with Gasteiger partial charge < -0.3 is 10.5 Å². The van der Waals surface area contributed by atoms with Gasteiger partial charge in [0, 0.05) is 17.1 Å². The Bertz CT molecular complexity index is 503. The first-order chi connectivity index (χ1) is 8.36. The number of benzene rings is 1. The number of hydrogen-bond donors (Lipinski definition) is 2. The number of rotatable bonds is 6. The molecule has 1 unspecified atom stereocenters. The number of halogens is 1. The first-order valence-electron chi connectivity index (χ1n) is 5.54. The van der Waals surface area contributed by atoms with Gasteiger partial charge in [-0.1, -0.05) is 15.9 Å². The van der Waals surface area contributed by atoms with Crippen molar-refractivity contribution < 1.29 is 13.2 Å². The van der Waals surface area contributed by atoms with Crippen LogP contribution in [0.3, 0.4) is 0 Å². The van der Waals surface area contributed by atoms with Crippen LogP contribution in [0.15, 0.2) is 27.6 Å². The first kappa shape index (κ1) is 15.4. The molecule has 0 bridgehead atoms. The summed E-state index contributed by atoms with van der Waals surface area (Å²) in [6.45, 7) is 4.11. The van der Waals surface area contributed by atoms with Crippen LogP contribution in [0.4, 0.5) is 0 Å².